The Bertz CT molecular complexity index is 1420. The first-order valence-electron chi connectivity index (χ1n) is 12.2. The average Bonchev–Trinajstić information content (AvgIpc) is 3.20. The third kappa shape index (κ3) is 3.93. The Balaban J connectivity index is 1.22. The monoisotopic (exact) mass is 485 g/mol. The van der Waals surface area contributed by atoms with Gasteiger partial charge in [-0.2, -0.15) is 0 Å². The number of aromatic nitrogens is 1. The predicted molar refractivity (Wildman–Crippen MR) is 137 cm³/mol. The topological polar surface area (TPSA) is 75.4 Å². The molecule has 0 bridgehead atoms. The Kier molecular flexibility index (Phi) is 5.44. The van der Waals surface area contributed by atoms with Crippen LogP contribution in [0.1, 0.15) is 44.8 Å². The van der Waals surface area contributed by atoms with Crippen LogP contribution in [0, 0.1) is 18.8 Å². The largest absolute Gasteiger partial charge is 0.464 e. The van der Waals surface area contributed by atoms with Crippen LogP contribution in [0.2, 0.25) is 0 Å². The van der Waals surface area contributed by atoms with E-state index in [1.807, 2.05) is 30.0 Å². The molecule has 1 saturated heterocycles. The third-order valence-electron chi connectivity index (χ3n) is 7.34. The molecule has 2 aliphatic rings. The van der Waals surface area contributed by atoms with Gasteiger partial charge in [-0.3, -0.25) is 9.59 Å². The maximum atomic E-state index is 13.8. The van der Waals surface area contributed by atoms with Crippen molar-refractivity contribution < 1.29 is 14.0 Å². The van der Waals surface area contributed by atoms with E-state index >= 15 is 0 Å². The SMILES string of the molecule is CCc1ccc(-c2sc(C)nc2C(=O)N2C[C@H]3C[C@H]3[C@H]2CNC(=O)c2cccc3occc23)cc1. The molecular formula is C28H27N3O3S. The normalized spacial score (nSPS) is 20.7. The van der Waals surface area contributed by atoms with Crippen molar-refractivity contribution in [2.45, 2.75) is 32.7 Å². The number of fused-ring (bicyclic) bond motifs is 2. The molecule has 3 atom stereocenters. The van der Waals surface area contributed by atoms with E-state index in [-0.39, 0.29) is 17.9 Å². The van der Waals surface area contributed by atoms with Gasteiger partial charge in [-0.05, 0) is 60.9 Å². The summed E-state index contributed by atoms with van der Waals surface area (Å²) in [6.07, 6.45) is 3.69. The first kappa shape index (κ1) is 22.0. The summed E-state index contributed by atoms with van der Waals surface area (Å²) >= 11 is 1.56. The van der Waals surface area contributed by atoms with E-state index in [0.29, 0.717) is 35.2 Å². The number of likely N-dealkylation sites (tertiary alicyclic amines) is 1. The highest BCUT2D eigenvalue weighted by Crippen LogP contribution is 2.50. The molecule has 3 heterocycles. The quantitative estimate of drug-likeness (QED) is 0.401. The van der Waals surface area contributed by atoms with Crippen molar-refractivity contribution in [1.29, 1.82) is 0 Å². The lowest BCUT2D eigenvalue weighted by molar-refractivity contribution is 0.0690. The van der Waals surface area contributed by atoms with Crippen LogP contribution < -0.4 is 5.32 Å². The number of thiazole rings is 1. The van der Waals surface area contributed by atoms with Crippen molar-refractivity contribution in [1.82, 2.24) is 15.2 Å². The number of rotatable bonds is 6. The van der Waals surface area contributed by atoms with Crippen LogP contribution in [-0.4, -0.2) is 40.8 Å². The number of aryl methyl sites for hydroxylation is 2. The zero-order chi connectivity index (χ0) is 24.1. The van der Waals surface area contributed by atoms with E-state index in [0.717, 1.165) is 40.2 Å². The summed E-state index contributed by atoms with van der Waals surface area (Å²) in [5.41, 5.74) is 4.10. The van der Waals surface area contributed by atoms with E-state index < -0.39 is 0 Å². The molecule has 2 amide bonds. The van der Waals surface area contributed by atoms with E-state index in [9.17, 15) is 9.59 Å². The van der Waals surface area contributed by atoms with Crippen LogP contribution in [0.3, 0.4) is 0 Å². The van der Waals surface area contributed by atoms with Crippen LogP contribution in [0.15, 0.2) is 59.2 Å². The number of nitrogens with one attached hydrogen (secondary N) is 1. The van der Waals surface area contributed by atoms with Crippen LogP contribution in [-0.2, 0) is 6.42 Å². The second-order valence-corrected chi connectivity index (χ2v) is 10.7. The average molecular weight is 486 g/mol. The highest BCUT2D eigenvalue weighted by Gasteiger charge is 2.54. The molecule has 178 valence electrons. The lowest BCUT2D eigenvalue weighted by atomic mass is 10.1. The fourth-order valence-corrected chi connectivity index (χ4v) is 6.26. The fraction of sp³-hybridized carbons (Fsp3) is 0.321. The van der Waals surface area contributed by atoms with Crippen molar-refractivity contribution in [3.63, 3.8) is 0 Å². The maximum absolute atomic E-state index is 13.8. The Labute approximate surface area is 208 Å². The summed E-state index contributed by atoms with van der Waals surface area (Å²) in [6.45, 7) is 5.24. The molecule has 4 aromatic rings. The van der Waals surface area contributed by atoms with Gasteiger partial charge in [-0.25, -0.2) is 4.98 Å². The molecular weight excluding hydrogens is 458 g/mol. The summed E-state index contributed by atoms with van der Waals surface area (Å²) in [5, 5.41) is 4.76. The molecule has 0 spiro atoms. The van der Waals surface area contributed by atoms with Gasteiger partial charge in [0.2, 0.25) is 0 Å². The van der Waals surface area contributed by atoms with Gasteiger partial charge in [0.25, 0.3) is 11.8 Å². The number of amides is 2. The molecule has 2 fully saturated rings. The van der Waals surface area contributed by atoms with Crippen LogP contribution in [0.5, 0.6) is 0 Å². The summed E-state index contributed by atoms with van der Waals surface area (Å²) < 4.78 is 5.43. The van der Waals surface area contributed by atoms with Crippen LogP contribution in [0.25, 0.3) is 21.4 Å². The summed E-state index contributed by atoms with van der Waals surface area (Å²) in [4.78, 5) is 34.3. The molecule has 1 saturated carbocycles. The predicted octanol–water partition coefficient (Wildman–Crippen LogP) is 5.32. The van der Waals surface area contributed by atoms with Gasteiger partial charge in [-0.1, -0.05) is 37.3 Å². The lowest BCUT2D eigenvalue weighted by Gasteiger charge is -2.27. The molecule has 6 rings (SSSR count). The van der Waals surface area contributed by atoms with Crippen LogP contribution >= 0.6 is 11.3 Å². The molecule has 1 aliphatic heterocycles. The smallest absolute Gasteiger partial charge is 0.274 e. The van der Waals surface area contributed by atoms with Gasteiger partial charge in [-0.15, -0.1) is 11.3 Å². The number of carbonyl (C=O) groups is 2. The Morgan fingerprint density at radius 3 is 2.80 bits per heavy atom. The number of hydrogen-bond donors (Lipinski definition) is 1. The summed E-state index contributed by atoms with van der Waals surface area (Å²) in [6, 6.07) is 15.7. The molecule has 6 nitrogen and oxygen atoms in total. The van der Waals surface area contributed by atoms with Crippen molar-refractivity contribution in [2.75, 3.05) is 13.1 Å². The number of piperidine rings is 1. The van der Waals surface area contributed by atoms with E-state index in [1.165, 1.54) is 5.56 Å². The Hall–Kier alpha value is -3.45. The first-order chi connectivity index (χ1) is 17.0. The van der Waals surface area contributed by atoms with Gasteiger partial charge in [0, 0.05) is 18.5 Å². The molecule has 0 unspecified atom stereocenters. The van der Waals surface area contributed by atoms with E-state index in [2.05, 4.69) is 41.5 Å². The lowest BCUT2D eigenvalue weighted by Crippen LogP contribution is -2.45. The van der Waals surface area contributed by atoms with Crippen molar-refractivity contribution in [3.05, 3.63) is 76.6 Å². The second-order valence-electron chi connectivity index (χ2n) is 9.49. The van der Waals surface area contributed by atoms with Gasteiger partial charge in [0.1, 0.15) is 11.3 Å². The Morgan fingerprint density at radius 2 is 2.00 bits per heavy atom. The molecule has 1 aliphatic carbocycles. The van der Waals surface area contributed by atoms with Crippen LogP contribution in [0.4, 0.5) is 0 Å². The number of nitrogens with zero attached hydrogens (tertiary/aromatic N) is 2. The summed E-state index contributed by atoms with van der Waals surface area (Å²) in [7, 11) is 0. The van der Waals surface area contributed by atoms with Gasteiger partial charge in [0.05, 0.1) is 27.8 Å². The minimum atomic E-state index is -0.144. The number of furan rings is 1. The minimum absolute atomic E-state index is 0.0164. The fourth-order valence-electron chi connectivity index (χ4n) is 5.35. The molecule has 0 radical (unpaired) electrons. The van der Waals surface area contributed by atoms with Gasteiger partial charge in [0.15, 0.2) is 0 Å². The van der Waals surface area contributed by atoms with E-state index in [4.69, 9.17) is 4.42 Å². The van der Waals surface area contributed by atoms with Gasteiger partial charge < -0.3 is 14.6 Å². The van der Waals surface area contributed by atoms with Crippen molar-refractivity contribution in [2.24, 2.45) is 11.8 Å². The minimum Gasteiger partial charge on any atom is -0.464 e. The summed E-state index contributed by atoms with van der Waals surface area (Å²) in [5.74, 6) is 0.781. The number of benzene rings is 2. The molecule has 7 heteroatoms. The zero-order valence-electron chi connectivity index (χ0n) is 19.8. The molecule has 1 N–H and O–H groups in total. The first-order valence-corrected chi connectivity index (χ1v) is 13.0. The Morgan fingerprint density at radius 1 is 1.17 bits per heavy atom. The molecule has 2 aromatic heterocycles. The van der Waals surface area contributed by atoms with E-state index in [1.54, 1.807) is 23.7 Å². The van der Waals surface area contributed by atoms with Crippen molar-refractivity contribution >= 4 is 34.1 Å². The van der Waals surface area contributed by atoms with Gasteiger partial charge >= 0.3 is 0 Å². The van der Waals surface area contributed by atoms with Crippen molar-refractivity contribution in [3.8, 4) is 10.4 Å². The standard InChI is InChI=1S/C28H27N3O3S/c1-3-17-7-9-18(10-8-17)26-25(30-16(2)35-26)28(33)31-15-19-13-22(19)23(31)14-29-27(32)21-5-4-6-24-20(21)11-12-34-24/h4-12,19,22-23H,3,13-15H2,1-2H3,(H,29,32)/t19-,22-,23-/m1/s1. The molecule has 35 heavy (non-hydrogen) atoms. The number of hydrogen-bond acceptors (Lipinski definition) is 5. The highest BCUT2D eigenvalue weighted by atomic mass is 32.1. The zero-order valence-corrected chi connectivity index (χ0v) is 20.6. The molecule has 2 aromatic carbocycles. The highest BCUT2D eigenvalue weighted by molar-refractivity contribution is 7.15. The maximum Gasteiger partial charge on any atom is 0.274 e. The second kappa shape index (κ2) is 8.64. The number of carbonyl (C=O) groups excluding carboxylic acids is 2. The third-order valence-corrected chi connectivity index (χ3v) is 8.36.